The number of hydrogen-bond donors (Lipinski definition) is 2. The van der Waals surface area contributed by atoms with E-state index >= 15 is 0 Å². The van der Waals surface area contributed by atoms with Crippen molar-refractivity contribution in [1.29, 1.82) is 0 Å². The summed E-state index contributed by atoms with van der Waals surface area (Å²) in [4.78, 5) is 17.4. The van der Waals surface area contributed by atoms with E-state index in [1.54, 1.807) is 12.1 Å². The molecule has 4 rings (SSSR count). The zero-order valence-electron chi connectivity index (χ0n) is 14.9. The molecule has 4 aromatic rings. The first kappa shape index (κ1) is 17.0. The van der Waals surface area contributed by atoms with Crippen molar-refractivity contribution in [2.45, 2.75) is 13.5 Å². The lowest BCUT2D eigenvalue weighted by Crippen LogP contribution is -2.15. The lowest BCUT2D eigenvalue weighted by Gasteiger charge is -2.19. The Morgan fingerprint density at radius 1 is 1.00 bits per heavy atom. The molecule has 0 saturated heterocycles. The molecule has 0 spiro atoms. The van der Waals surface area contributed by atoms with E-state index in [0.717, 1.165) is 16.9 Å². The molecule has 2 aromatic heterocycles. The Kier molecular flexibility index (Phi) is 4.44. The molecule has 0 atom stereocenters. The van der Waals surface area contributed by atoms with E-state index in [1.807, 2.05) is 72.2 Å². The van der Waals surface area contributed by atoms with E-state index in [1.165, 1.54) is 0 Å². The van der Waals surface area contributed by atoms with Crippen LogP contribution in [-0.2, 0) is 6.61 Å². The van der Waals surface area contributed by atoms with Crippen molar-refractivity contribution in [3.63, 3.8) is 0 Å². The number of hydrogen-bond acceptors (Lipinski definition) is 4. The van der Waals surface area contributed by atoms with Crippen LogP contribution in [0.5, 0.6) is 0 Å². The van der Waals surface area contributed by atoms with Gasteiger partial charge in [-0.3, -0.25) is 9.36 Å². The summed E-state index contributed by atoms with van der Waals surface area (Å²) in [6.45, 7) is 1.68. The second-order valence-electron chi connectivity index (χ2n) is 6.34. The lowest BCUT2D eigenvalue weighted by molar-refractivity contribution is 0.277. The number of aliphatic hydroxyl groups is 1. The van der Waals surface area contributed by atoms with Crippen molar-refractivity contribution < 1.29 is 5.11 Å². The number of aromatic nitrogens is 2. The monoisotopic (exact) mass is 357 g/mol. The van der Waals surface area contributed by atoms with Gasteiger partial charge in [0.25, 0.3) is 0 Å². The molecule has 27 heavy (non-hydrogen) atoms. The first-order valence-electron chi connectivity index (χ1n) is 8.72. The molecule has 0 saturated carbocycles. The largest absolute Gasteiger partial charge is 0.390 e. The molecular formula is C22H19N3O2. The van der Waals surface area contributed by atoms with E-state index in [-0.39, 0.29) is 12.0 Å². The third kappa shape index (κ3) is 3.20. The van der Waals surface area contributed by atoms with Gasteiger partial charge in [0.1, 0.15) is 5.82 Å². The van der Waals surface area contributed by atoms with Crippen molar-refractivity contribution in [3.05, 3.63) is 94.3 Å². The van der Waals surface area contributed by atoms with E-state index in [0.29, 0.717) is 22.5 Å². The van der Waals surface area contributed by atoms with Gasteiger partial charge in [-0.1, -0.05) is 36.4 Å². The Balaban J connectivity index is 2.06. The number of fused-ring (bicyclic) bond motifs is 1. The zero-order valence-corrected chi connectivity index (χ0v) is 14.9. The minimum absolute atomic E-state index is 0.106. The highest BCUT2D eigenvalue weighted by molar-refractivity contribution is 5.84. The molecule has 0 aliphatic heterocycles. The lowest BCUT2D eigenvalue weighted by atomic mass is 10.1. The van der Waals surface area contributed by atoms with Crippen LogP contribution in [0.25, 0.3) is 16.7 Å². The Morgan fingerprint density at radius 2 is 1.67 bits per heavy atom. The minimum atomic E-state index is -0.184. The molecule has 5 heteroatoms. The number of para-hydroxylation sites is 2. The van der Waals surface area contributed by atoms with Gasteiger partial charge < -0.3 is 10.4 Å². The topological polar surface area (TPSA) is 67.2 Å². The number of nitrogens with one attached hydrogen (secondary N) is 1. The molecule has 2 heterocycles. The number of rotatable bonds is 4. The third-order valence-corrected chi connectivity index (χ3v) is 4.44. The first-order valence-corrected chi connectivity index (χ1v) is 8.72. The van der Waals surface area contributed by atoms with Crippen LogP contribution in [-0.4, -0.2) is 14.7 Å². The smallest absolute Gasteiger partial charge is 0.193 e. The van der Waals surface area contributed by atoms with Crippen LogP contribution in [0, 0.1) is 6.92 Å². The molecule has 2 aromatic carbocycles. The highest BCUT2D eigenvalue weighted by atomic mass is 16.3. The average molecular weight is 357 g/mol. The van der Waals surface area contributed by atoms with Crippen LogP contribution in [0.2, 0.25) is 0 Å². The third-order valence-electron chi connectivity index (χ3n) is 4.44. The number of pyridine rings is 2. The van der Waals surface area contributed by atoms with E-state index < -0.39 is 0 Å². The number of benzene rings is 2. The second-order valence-corrected chi connectivity index (χ2v) is 6.34. The summed E-state index contributed by atoms with van der Waals surface area (Å²) in [6, 6.07) is 22.8. The SMILES string of the molecule is Cc1cc(CO)nc2c1c(=O)cc(Nc1ccccc1)n2-c1ccccc1. The van der Waals surface area contributed by atoms with Gasteiger partial charge in [0.15, 0.2) is 11.1 Å². The van der Waals surface area contributed by atoms with Crippen LogP contribution in [0.15, 0.2) is 77.6 Å². The maximum Gasteiger partial charge on any atom is 0.193 e. The van der Waals surface area contributed by atoms with Crippen LogP contribution >= 0.6 is 0 Å². The van der Waals surface area contributed by atoms with Gasteiger partial charge in [-0.25, -0.2) is 4.98 Å². The van der Waals surface area contributed by atoms with Crippen molar-refractivity contribution in [2.24, 2.45) is 0 Å². The molecule has 5 nitrogen and oxygen atoms in total. The van der Waals surface area contributed by atoms with Crippen molar-refractivity contribution in [2.75, 3.05) is 5.32 Å². The van der Waals surface area contributed by atoms with Gasteiger partial charge >= 0.3 is 0 Å². The molecular weight excluding hydrogens is 338 g/mol. The number of anilines is 2. The van der Waals surface area contributed by atoms with Gasteiger partial charge in [0.2, 0.25) is 0 Å². The summed E-state index contributed by atoms with van der Waals surface area (Å²) in [5.74, 6) is 0.617. The fraction of sp³-hybridized carbons (Fsp3) is 0.0909. The zero-order chi connectivity index (χ0) is 18.8. The van der Waals surface area contributed by atoms with Gasteiger partial charge in [0.05, 0.1) is 17.7 Å². The van der Waals surface area contributed by atoms with E-state index in [4.69, 9.17) is 0 Å². The highest BCUT2D eigenvalue weighted by Crippen LogP contribution is 2.25. The molecule has 0 bridgehead atoms. The molecule has 0 aliphatic carbocycles. The molecule has 0 unspecified atom stereocenters. The van der Waals surface area contributed by atoms with Crippen molar-refractivity contribution in [1.82, 2.24) is 9.55 Å². The molecule has 0 amide bonds. The standard InChI is InChI=1S/C22H19N3O2/c1-15-12-17(14-26)24-22-21(15)19(27)13-20(23-16-8-4-2-5-9-16)25(22)18-10-6-3-7-11-18/h2-13,23,26H,14H2,1H3. The van der Waals surface area contributed by atoms with E-state index in [2.05, 4.69) is 10.3 Å². The average Bonchev–Trinajstić information content (AvgIpc) is 2.69. The summed E-state index contributed by atoms with van der Waals surface area (Å²) in [7, 11) is 0. The Morgan fingerprint density at radius 3 is 2.33 bits per heavy atom. The number of nitrogens with zero attached hydrogens (tertiary/aromatic N) is 2. The normalized spacial score (nSPS) is 10.9. The van der Waals surface area contributed by atoms with Crippen LogP contribution in [0.4, 0.5) is 11.5 Å². The summed E-state index contributed by atoms with van der Waals surface area (Å²) in [5, 5.41) is 13.5. The van der Waals surface area contributed by atoms with Gasteiger partial charge in [-0.15, -0.1) is 0 Å². The minimum Gasteiger partial charge on any atom is -0.390 e. The van der Waals surface area contributed by atoms with Crippen molar-refractivity contribution >= 4 is 22.5 Å². The van der Waals surface area contributed by atoms with Crippen LogP contribution in [0.1, 0.15) is 11.3 Å². The molecule has 134 valence electrons. The van der Waals surface area contributed by atoms with Gasteiger partial charge in [0, 0.05) is 17.4 Å². The Hall–Kier alpha value is -3.44. The van der Waals surface area contributed by atoms with Gasteiger partial charge in [-0.2, -0.15) is 0 Å². The van der Waals surface area contributed by atoms with Crippen molar-refractivity contribution in [3.8, 4) is 5.69 Å². The van der Waals surface area contributed by atoms with Crippen LogP contribution in [0.3, 0.4) is 0 Å². The summed E-state index contributed by atoms with van der Waals surface area (Å²) in [6.07, 6.45) is 0. The molecule has 2 N–H and O–H groups in total. The van der Waals surface area contributed by atoms with Crippen LogP contribution < -0.4 is 10.7 Å². The number of aliphatic hydroxyl groups excluding tert-OH is 1. The molecule has 0 fully saturated rings. The Bertz CT molecular complexity index is 1150. The Labute approximate surface area is 156 Å². The molecule has 0 aliphatic rings. The predicted molar refractivity (Wildman–Crippen MR) is 108 cm³/mol. The second kappa shape index (κ2) is 7.05. The summed E-state index contributed by atoms with van der Waals surface area (Å²) < 4.78 is 1.91. The van der Waals surface area contributed by atoms with Gasteiger partial charge in [-0.05, 0) is 42.8 Å². The summed E-state index contributed by atoms with van der Waals surface area (Å²) in [5.41, 5.74) is 3.49. The fourth-order valence-corrected chi connectivity index (χ4v) is 3.24. The highest BCUT2D eigenvalue weighted by Gasteiger charge is 2.15. The number of aryl methyl sites for hydroxylation is 1. The maximum atomic E-state index is 12.8. The quantitative estimate of drug-likeness (QED) is 0.581. The van der Waals surface area contributed by atoms with E-state index in [9.17, 15) is 9.90 Å². The summed E-state index contributed by atoms with van der Waals surface area (Å²) >= 11 is 0. The predicted octanol–water partition coefficient (Wildman–Crippen LogP) is 3.93. The molecule has 0 radical (unpaired) electrons. The first-order chi connectivity index (χ1) is 13.2. The maximum absolute atomic E-state index is 12.8. The fourth-order valence-electron chi connectivity index (χ4n) is 3.24.